The molecule has 0 unspecified atom stereocenters. The third kappa shape index (κ3) is 4.05. The largest absolute Gasteiger partial charge is 0.481 e. The maximum absolute atomic E-state index is 12.8. The zero-order valence-electron chi connectivity index (χ0n) is 12.3. The van der Waals surface area contributed by atoms with Crippen molar-refractivity contribution in [2.24, 2.45) is 0 Å². The van der Waals surface area contributed by atoms with Crippen molar-refractivity contribution >= 4 is 11.6 Å². The summed E-state index contributed by atoms with van der Waals surface area (Å²) in [7, 11) is 0. The number of aryl methyl sites for hydroxylation is 2. The number of nitrogens with one attached hydrogen (secondary N) is 1. The van der Waals surface area contributed by atoms with Crippen molar-refractivity contribution in [1.29, 1.82) is 0 Å². The van der Waals surface area contributed by atoms with E-state index in [0.717, 1.165) is 16.8 Å². The van der Waals surface area contributed by atoms with E-state index in [4.69, 9.17) is 4.74 Å². The number of rotatable bonds is 4. The molecule has 0 heterocycles. The van der Waals surface area contributed by atoms with E-state index in [2.05, 4.69) is 5.32 Å². The van der Waals surface area contributed by atoms with E-state index >= 15 is 0 Å². The lowest BCUT2D eigenvalue weighted by Crippen LogP contribution is -2.30. The number of halogens is 1. The SMILES string of the molecule is Cc1ccc(NC(=O)[C@H](C)Oc2ccc(F)cc2)c(C)c1. The molecule has 0 aliphatic rings. The van der Waals surface area contributed by atoms with E-state index in [1.54, 1.807) is 6.92 Å². The molecular formula is C17H18FNO2. The van der Waals surface area contributed by atoms with Gasteiger partial charge in [-0.3, -0.25) is 4.79 Å². The first-order valence-electron chi connectivity index (χ1n) is 6.76. The Balaban J connectivity index is 2.00. The number of carbonyl (C=O) groups is 1. The zero-order chi connectivity index (χ0) is 15.4. The number of carbonyl (C=O) groups excluding carboxylic acids is 1. The number of ether oxygens (including phenoxy) is 1. The van der Waals surface area contributed by atoms with E-state index in [1.165, 1.54) is 24.3 Å². The fraction of sp³-hybridized carbons (Fsp3) is 0.235. The van der Waals surface area contributed by atoms with Gasteiger partial charge in [-0.1, -0.05) is 17.7 Å². The van der Waals surface area contributed by atoms with E-state index in [9.17, 15) is 9.18 Å². The molecule has 0 fully saturated rings. The van der Waals surface area contributed by atoms with Crippen molar-refractivity contribution in [2.45, 2.75) is 26.9 Å². The highest BCUT2D eigenvalue weighted by Crippen LogP contribution is 2.18. The molecule has 2 rings (SSSR count). The average molecular weight is 287 g/mol. The van der Waals surface area contributed by atoms with Gasteiger partial charge in [-0.15, -0.1) is 0 Å². The first-order chi connectivity index (χ1) is 9.95. The molecule has 2 aromatic rings. The van der Waals surface area contributed by atoms with Crippen molar-refractivity contribution in [3.8, 4) is 5.75 Å². The van der Waals surface area contributed by atoms with Crippen LogP contribution in [-0.2, 0) is 4.79 Å². The van der Waals surface area contributed by atoms with Crippen LogP contribution in [0.4, 0.5) is 10.1 Å². The minimum absolute atomic E-state index is 0.244. The van der Waals surface area contributed by atoms with Gasteiger partial charge in [0.15, 0.2) is 6.10 Å². The van der Waals surface area contributed by atoms with Crippen molar-refractivity contribution in [3.05, 3.63) is 59.4 Å². The van der Waals surface area contributed by atoms with E-state index in [0.29, 0.717) is 5.75 Å². The predicted molar refractivity (Wildman–Crippen MR) is 81.0 cm³/mol. The van der Waals surface area contributed by atoms with E-state index < -0.39 is 6.10 Å². The Morgan fingerprint density at radius 3 is 2.43 bits per heavy atom. The van der Waals surface area contributed by atoms with Crippen molar-refractivity contribution < 1.29 is 13.9 Å². The topological polar surface area (TPSA) is 38.3 Å². The Bertz CT molecular complexity index is 638. The minimum Gasteiger partial charge on any atom is -0.481 e. The third-order valence-electron chi connectivity index (χ3n) is 3.14. The lowest BCUT2D eigenvalue weighted by Gasteiger charge is -2.16. The molecule has 2 aromatic carbocycles. The van der Waals surface area contributed by atoms with Crippen LogP contribution in [0.25, 0.3) is 0 Å². The molecule has 3 nitrogen and oxygen atoms in total. The number of anilines is 1. The Morgan fingerprint density at radius 2 is 1.81 bits per heavy atom. The Kier molecular flexibility index (Phi) is 4.58. The second kappa shape index (κ2) is 6.39. The molecule has 110 valence electrons. The predicted octanol–water partition coefficient (Wildman–Crippen LogP) is 3.85. The summed E-state index contributed by atoms with van der Waals surface area (Å²) in [6.45, 7) is 5.59. The second-order valence-corrected chi connectivity index (χ2v) is 5.02. The molecule has 0 spiro atoms. The summed E-state index contributed by atoms with van der Waals surface area (Å²) in [5, 5.41) is 2.83. The summed E-state index contributed by atoms with van der Waals surface area (Å²) < 4.78 is 18.3. The van der Waals surface area contributed by atoms with Crippen LogP contribution in [0.1, 0.15) is 18.1 Å². The second-order valence-electron chi connectivity index (χ2n) is 5.02. The number of amides is 1. The normalized spacial score (nSPS) is 11.8. The fourth-order valence-electron chi connectivity index (χ4n) is 1.96. The van der Waals surface area contributed by atoms with Gasteiger partial charge in [0, 0.05) is 5.69 Å². The Labute approximate surface area is 123 Å². The summed E-state index contributed by atoms with van der Waals surface area (Å²) in [6.07, 6.45) is -0.670. The number of hydrogen-bond acceptors (Lipinski definition) is 2. The molecule has 1 amide bonds. The highest BCUT2D eigenvalue weighted by atomic mass is 19.1. The molecule has 0 radical (unpaired) electrons. The molecule has 21 heavy (non-hydrogen) atoms. The van der Waals surface area contributed by atoms with Gasteiger partial charge in [0.05, 0.1) is 0 Å². The quantitative estimate of drug-likeness (QED) is 0.927. The summed E-state index contributed by atoms with van der Waals surface area (Å²) in [6, 6.07) is 11.4. The summed E-state index contributed by atoms with van der Waals surface area (Å²) >= 11 is 0. The van der Waals surface area contributed by atoms with Gasteiger partial charge in [0.2, 0.25) is 0 Å². The Morgan fingerprint density at radius 1 is 1.14 bits per heavy atom. The molecule has 0 saturated carbocycles. The molecule has 1 atom stereocenters. The first-order valence-corrected chi connectivity index (χ1v) is 6.76. The van der Waals surface area contributed by atoms with Gasteiger partial charge in [0.25, 0.3) is 5.91 Å². The molecule has 0 bridgehead atoms. The van der Waals surface area contributed by atoms with Crippen LogP contribution < -0.4 is 10.1 Å². The maximum atomic E-state index is 12.8. The average Bonchev–Trinajstić information content (AvgIpc) is 2.44. The Hall–Kier alpha value is -2.36. The van der Waals surface area contributed by atoms with Gasteiger partial charge in [-0.2, -0.15) is 0 Å². The van der Waals surface area contributed by atoms with Crippen LogP contribution in [0.5, 0.6) is 5.75 Å². The molecular weight excluding hydrogens is 269 g/mol. The third-order valence-corrected chi connectivity index (χ3v) is 3.14. The van der Waals surface area contributed by atoms with Crippen molar-refractivity contribution in [3.63, 3.8) is 0 Å². The van der Waals surface area contributed by atoms with Crippen molar-refractivity contribution in [1.82, 2.24) is 0 Å². The first kappa shape index (κ1) is 15.0. The van der Waals surface area contributed by atoms with Crippen molar-refractivity contribution in [2.75, 3.05) is 5.32 Å². The zero-order valence-corrected chi connectivity index (χ0v) is 12.3. The molecule has 0 aliphatic carbocycles. The van der Waals surface area contributed by atoms with Gasteiger partial charge in [0.1, 0.15) is 11.6 Å². The van der Waals surface area contributed by atoms with Gasteiger partial charge < -0.3 is 10.1 Å². The molecule has 0 aromatic heterocycles. The van der Waals surface area contributed by atoms with Crippen LogP contribution in [0.2, 0.25) is 0 Å². The minimum atomic E-state index is -0.670. The van der Waals surface area contributed by atoms with Crippen LogP contribution in [0.3, 0.4) is 0 Å². The van der Waals surface area contributed by atoms with Gasteiger partial charge in [-0.05, 0) is 56.7 Å². The van der Waals surface area contributed by atoms with Crippen LogP contribution in [0.15, 0.2) is 42.5 Å². The highest BCUT2D eigenvalue weighted by molar-refractivity contribution is 5.94. The summed E-state index contributed by atoms with van der Waals surface area (Å²) in [5.41, 5.74) is 2.90. The maximum Gasteiger partial charge on any atom is 0.265 e. The smallest absolute Gasteiger partial charge is 0.265 e. The molecule has 1 N–H and O–H groups in total. The number of hydrogen-bond donors (Lipinski definition) is 1. The lowest BCUT2D eigenvalue weighted by molar-refractivity contribution is -0.122. The molecule has 0 saturated heterocycles. The number of benzene rings is 2. The summed E-state index contributed by atoms with van der Waals surface area (Å²) in [4.78, 5) is 12.1. The summed E-state index contributed by atoms with van der Waals surface area (Å²) in [5.74, 6) is -0.124. The molecule has 4 heteroatoms. The van der Waals surface area contributed by atoms with E-state index in [-0.39, 0.29) is 11.7 Å². The molecule has 0 aliphatic heterocycles. The lowest BCUT2D eigenvalue weighted by atomic mass is 10.1. The fourth-order valence-corrected chi connectivity index (χ4v) is 1.96. The van der Waals surface area contributed by atoms with Crippen LogP contribution >= 0.6 is 0 Å². The monoisotopic (exact) mass is 287 g/mol. The van der Waals surface area contributed by atoms with Crippen LogP contribution in [0, 0.1) is 19.7 Å². The standard InChI is InChI=1S/C17H18FNO2/c1-11-4-9-16(12(2)10-11)19-17(20)13(3)21-15-7-5-14(18)6-8-15/h4-10,13H,1-3H3,(H,19,20)/t13-/m0/s1. The van der Waals surface area contributed by atoms with Gasteiger partial charge >= 0.3 is 0 Å². The van der Waals surface area contributed by atoms with E-state index in [1.807, 2.05) is 32.0 Å². The highest BCUT2D eigenvalue weighted by Gasteiger charge is 2.15. The van der Waals surface area contributed by atoms with Crippen LogP contribution in [-0.4, -0.2) is 12.0 Å². The van der Waals surface area contributed by atoms with Gasteiger partial charge in [-0.25, -0.2) is 4.39 Å².